The topological polar surface area (TPSA) is 69.2 Å². The van der Waals surface area contributed by atoms with Crippen LogP contribution >= 0.6 is 0 Å². The average molecular weight is 433 g/mol. The van der Waals surface area contributed by atoms with Crippen molar-refractivity contribution >= 4 is 5.82 Å². The summed E-state index contributed by atoms with van der Waals surface area (Å²) in [5, 5.41) is 4.82. The Morgan fingerprint density at radius 2 is 1.74 bits per heavy atom. The average Bonchev–Trinajstić information content (AvgIpc) is 3.17. The van der Waals surface area contributed by atoms with E-state index < -0.39 is 17.6 Å². The summed E-state index contributed by atoms with van der Waals surface area (Å²) in [6.45, 7) is 3.83. The Morgan fingerprint density at radius 1 is 1.03 bits per heavy atom. The molecule has 0 aromatic carbocycles. The maximum Gasteiger partial charge on any atom is 0.419 e. The van der Waals surface area contributed by atoms with Gasteiger partial charge in [0, 0.05) is 36.5 Å². The highest BCUT2D eigenvalue weighted by Gasteiger charge is 2.59. The van der Waals surface area contributed by atoms with Crippen LogP contribution in [0.4, 0.5) is 19.0 Å². The van der Waals surface area contributed by atoms with E-state index in [0.29, 0.717) is 41.1 Å². The quantitative estimate of drug-likeness (QED) is 0.796. The smallest absolute Gasteiger partial charge is 0.383 e. The zero-order valence-electron chi connectivity index (χ0n) is 17.2. The van der Waals surface area contributed by atoms with Crippen molar-refractivity contribution in [2.75, 3.05) is 32.0 Å². The molecular weight excluding hydrogens is 407 g/mol. The molecule has 0 amide bonds. The van der Waals surface area contributed by atoms with E-state index in [4.69, 9.17) is 15.6 Å². The predicted molar refractivity (Wildman–Crippen MR) is 108 cm³/mol. The van der Waals surface area contributed by atoms with Gasteiger partial charge in [0.1, 0.15) is 5.82 Å². The Hall–Kier alpha value is -2.13. The third kappa shape index (κ3) is 3.24. The summed E-state index contributed by atoms with van der Waals surface area (Å²) in [6, 6.07) is 3.99. The number of aromatic nitrogens is 3. The number of alkyl halides is 3. The molecule has 166 valence electrons. The molecule has 0 radical (unpaired) electrons. The highest BCUT2D eigenvalue weighted by atomic mass is 19.4. The molecule has 2 aromatic rings. The van der Waals surface area contributed by atoms with E-state index in [-0.39, 0.29) is 0 Å². The van der Waals surface area contributed by atoms with E-state index in [2.05, 4.69) is 14.6 Å². The lowest BCUT2D eigenvalue weighted by Crippen LogP contribution is -2.48. The molecule has 2 aromatic heterocycles. The molecule has 31 heavy (non-hydrogen) atoms. The zero-order chi connectivity index (χ0) is 21.3. The van der Waals surface area contributed by atoms with Crippen LogP contribution in [0, 0.1) is 11.8 Å². The van der Waals surface area contributed by atoms with Crippen LogP contribution in [0.1, 0.15) is 48.9 Å². The molecule has 0 bridgehead atoms. The third-order valence-electron chi connectivity index (χ3n) is 7.66. The monoisotopic (exact) mass is 433 g/mol. The lowest BCUT2D eigenvalue weighted by Gasteiger charge is -2.35. The molecule has 2 saturated heterocycles. The minimum absolute atomic E-state index is 0.338. The Bertz CT molecular complexity index is 984. The number of likely N-dealkylation sites (tertiary alicyclic amines) is 1. The molecule has 2 aliphatic heterocycles. The third-order valence-corrected chi connectivity index (χ3v) is 7.66. The van der Waals surface area contributed by atoms with Crippen LogP contribution in [0.5, 0.6) is 0 Å². The molecule has 4 aliphatic rings. The summed E-state index contributed by atoms with van der Waals surface area (Å²) < 4.78 is 47.5. The van der Waals surface area contributed by atoms with Crippen molar-refractivity contribution in [1.82, 2.24) is 19.7 Å². The van der Waals surface area contributed by atoms with Crippen LogP contribution in [-0.4, -0.2) is 52.0 Å². The Morgan fingerprint density at radius 3 is 2.35 bits per heavy atom. The number of anilines is 1. The van der Waals surface area contributed by atoms with Crippen molar-refractivity contribution < 1.29 is 17.9 Å². The van der Waals surface area contributed by atoms with Gasteiger partial charge in [0.25, 0.3) is 0 Å². The molecule has 2 N–H and O–H groups in total. The largest absolute Gasteiger partial charge is 0.419 e. The number of nitrogens with zero attached hydrogens (tertiary/aromatic N) is 4. The molecule has 3 atom stereocenters. The number of piperidine rings is 1. The van der Waals surface area contributed by atoms with Gasteiger partial charge in [-0.1, -0.05) is 12.8 Å². The first kappa shape index (κ1) is 19.5. The van der Waals surface area contributed by atoms with Crippen molar-refractivity contribution in [2.45, 2.75) is 49.9 Å². The molecule has 2 aliphatic carbocycles. The number of rotatable bonds is 4. The molecule has 0 spiro atoms. The molecule has 0 unspecified atom stereocenters. The van der Waals surface area contributed by atoms with Gasteiger partial charge in [0.05, 0.1) is 36.6 Å². The molecule has 4 fully saturated rings. The minimum Gasteiger partial charge on any atom is -0.383 e. The van der Waals surface area contributed by atoms with Crippen molar-refractivity contribution in [3.05, 3.63) is 29.6 Å². The summed E-state index contributed by atoms with van der Waals surface area (Å²) in [6.07, 6.45) is 1.38. The summed E-state index contributed by atoms with van der Waals surface area (Å²) in [5.74, 6) is 1.17. The van der Waals surface area contributed by atoms with E-state index in [0.717, 1.165) is 45.2 Å². The number of fused-ring (bicyclic) bond motifs is 1. The number of nitrogen functional groups attached to an aromatic ring is 1. The molecule has 2 saturated carbocycles. The lowest BCUT2D eigenvalue weighted by molar-refractivity contribution is -0.137. The van der Waals surface area contributed by atoms with Gasteiger partial charge in [-0.25, -0.2) is 4.98 Å². The predicted octanol–water partition coefficient (Wildman–Crippen LogP) is 3.71. The van der Waals surface area contributed by atoms with Crippen LogP contribution in [-0.2, 0) is 10.9 Å². The summed E-state index contributed by atoms with van der Waals surface area (Å²) in [4.78, 5) is 6.35. The van der Waals surface area contributed by atoms with Gasteiger partial charge >= 0.3 is 6.18 Å². The van der Waals surface area contributed by atoms with Crippen molar-refractivity contribution in [1.29, 1.82) is 0 Å². The highest BCUT2D eigenvalue weighted by Crippen LogP contribution is 2.59. The van der Waals surface area contributed by atoms with E-state index >= 15 is 0 Å². The zero-order valence-corrected chi connectivity index (χ0v) is 17.2. The van der Waals surface area contributed by atoms with E-state index in [1.807, 2.05) is 6.07 Å². The summed E-state index contributed by atoms with van der Waals surface area (Å²) in [5.41, 5.74) is 6.72. The summed E-state index contributed by atoms with van der Waals surface area (Å²) >= 11 is 0. The molecule has 6 nitrogen and oxygen atoms in total. The molecule has 6 rings (SSSR count). The first-order valence-corrected chi connectivity index (χ1v) is 11.1. The first-order valence-electron chi connectivity index (χ1n) is 11.1. The highest BCUT2D eigenvalue weighted by molar-refractivity contribution is 5.63. The van der Waals surface area contributed by atoms with Gasteiger partial charge < -0.3 is 10.5 Å². The van der Waals surface area contributed by atoms with Crippen molar-refractivity contribution in [2.24, 2.45) is 11.8 Å². The van der Waals surface area contributed by atoms with Gasteiger partial charge in [0.15, 0.2) is 0 Å². The van der Waals surface area contributed by atoms with E-state index in [1.165, 1.54) is 24.7 Å². The molecular formula is C22H26F3N5O. The van der Waals surface area contributed by atoms with Gasteiger partial charge in [-0.15, -0.1) is 0 Å². The number of nitrogens with two attached hydrogens (primary N) is 1. The van der Waals surface area contributed by atoms with E-state index in [9.17, 15) is 13.2 Å². The van der Waals surface area contributed by atoms with Crippen LogP contribution in [0.25, 0.3) is 11.3 Å². The molecule has 9 heteroatoms. The Labute approximate surface area is 178 Å². The fraction of sp³-hybridized carbons (Fsp3) is 0.636. The number of halogens is 3. The lowest BCUT2D eigenvalue weighted by atomic mass is 10.1. The van der Waals surface area contributed by atoms with Crippen molar-refractivity contribution in [3.8, 4) is 11.3 Å². The number of hydrogen-bond acceptors (Lipinski definition) is 5. The fourth-order valence-electron chi connectivity index (χ4n) is 5.81. The van der Waals surface area contributed by atoms with Gasteiger partial charge in [-0.05, 0) is 36.8 Å². The van der Waals surface area contributed by atoms with Crippen LogP contribution in [0.2, 0.25) is 0 Å². The normalized spacial score (nSPS) is 29.3. The van der Waals surface area contributed by atoms with E-state index in [1.54, 1.807) is 0 Å². The van der Waals surface area contributed by atoms with Gasteiger partial charge in [0.2, 0.25) is 0 Å². The Kier molecular flexibility index (Phi) is 4.37. The maximum atomic E-state index is 13.3. The first-order chi connectivity index (χ1) is 14.9. The van der Waals surface area contributed by atoms with Crippen LogP contribution in [0.15, 0.2) is 18.3 Å². The number of ether oxygens (including phenoxy) is 1. The molecule has 4 heterocycles. The second kappa shape index (κ2) is 6.93. The standard InChI is InChI=1S/C22H26F3N5O/c23-22(24,25)17-5-12(7-27-21(17)26)18-6-19(30(28-18)13-3-1-2-4-13)20-15-8-29(9-16(15)20)14-10-31-11-14/h5-7,13-16,20H,1-4,8-11H2,(H2,26,27)/t15-,16+,20-. The second-order valence-corrected chi connectivity index (χ2v) is 9.49. The minimum atomic E-state index is -4.54. The van der Waals surface area contributed by atoms with Gasteiger partial charge in [-0.2, -0.15) is 18.3 Å². The number of hydrogen-bond donors (Lipinski definition) is 1. The Balaban J connectivity index is 1.32. The van der Waals surface area contributed by atoms with Crippen LogP contribution in [0.3, 0.4) is 0 Å². The fourth-order valence-corrected chi connectivity index (χ4v) is 5.81. The van der Waals surface area contributed by atoms with Gasteiger partial charge in [-0.3, -0.25) is 9.58 Å². The number of pyridine rings is 1. The maximum absolute atomic E-state index is 13.3. The van der Waals surface area contributed by atoms with Crippen LogP contribution < -0.4 is 5.73 Å². The second-order valence-electron chi connectivity index (χ2n) is 9.49. The SMILES string of the molecule is Nc1ncc(-c2cc([C@@H]3[C@@H]4CN(C5COC5)C[C@@H]43)n(C3CCCC3)n2)cc1C(F)(F)F. The summed E-state index contributed by atoms with van der Waals surface area (Å²) in [7, 11) is 0. The van der Waals surface area contributed by atoms with Crippen molar-refractivity contribution in [3.63, 3.8) is 0 Å².